The molecule has 2 heterocycles. The number of nitrogens with one attached hydrogen (secondary N) is 1. The standard InChI is InChI=1S/C19H19NO4/c21-19(20-11-16-5-2-8-22-16)15-4-1-3-13(9-15)14-6-7-17-18(10-14)24-12-23-17/h1,3-4,6-7,9-10,16H,2,5,8,11-12H2,(H,20,21)/t16-/m0/s1. The lowest BCUT2D eigenvalue weighted by Crippen LogP contribution is -2.31. The molecule has 0 bridgehead atoms. The van der Waals surface area contributed by atoms with E-state index in [4.69, 9.17) is 14.2 Å². The number of hydrogen-bond donors (Lipinski definition) is 1. The molecule has 1 saturated heterocycles. The summed E-state index contributed by atoms with van der Waals surface area (Å²) in [5.41, 5.74) is 2.61. The maximum Gasteiger partial charge on any atom is 0.251 e. The normalized spacial score (nSPS) is 18.6. The summed E-state index contributed by atoms with van der Waals surface area (Å²) in [5.74, 6) is 1.41. The second-order valence-electron chi connectivity index (χ2n) is 5.99. The predicted molar refractivity (Wildman–Crippen MR) is 89.3 cm³/mol. The predicted octanol–water partition coefficient (Wildman–Crippen LogP) is 2.99. The van der Waals surface area contributed by atoms with Crippen molar-refractivity contribution in [3.63, 3.8) is 0 Å². The van der Waals surface area contributed by atoms with Gasteiger partial charge in [0, 0.05) is 18.7 Å². The summed E-state index contributed by atoms with van der Waals surface area (Å²) in [6.07, 6.45) is 2.23. The Morgan fingerprint density at radius 1 is 1.08 bits per heavy atom. The number of carbonyl (C=O) groups is 1. The fraction of sp³-hybridized carbons (Fsp3) is 0.316. The van der Waals surface area contributed by atoms with Crippen LogP contribution in [0.2, 0.25) is 0 Å². The maximum absolute atomic E-state index is 12.4. The number of ether oxygens (including phenoxy) is 3. The molecular weight excluding hydrogens is 306 g/mol. The zero-order valence-corrected chi connectivity index (χ0v) is 13.3. The van der Waals surface area contributed by atoms with Crippen LogP contribution in [0, 0.1) is 0 Å². The molecule has 5 heteroatoms. The first-order chi connectivity index (χ1) is 11.8. The molecule has 1 amide bonds. The summed E-state index contributed by atoms with van der Waals surface area (Å²) >= 11 is 0. The van der Waals surface area contributed by atoms with Gasteiger partial charge in [-0.1, -0.05) is 18.2 Å². The molecule has 2 aliphatic rings. The van der Waals surface area contributed by atoms with Crippen molar-refractivity contribution in [1.82, 2.24) is 5.32 Å². The molecule has 1 atom stereocenters. The summed E-state index contributed by atoms with van der Waals surface area (Å²) in [7, 11) is 0. The maximum atomic E-state index is 12.4. The summed E-state index contributed by atoms with van der Waals surface area (Å²) in [6, 6.07) is 13.4. The zero-order valence-electron chi connectivity index (χ0n) is 13.3. The van der Waals surface area contributed by atoms with Crippen molar-refractivity contribution in [1.29, 1.82) is 0 Å². The quantitative estimate of drug-likeness (QED) is 0.939. The molecule has 0 saturated carbocycles. The lowest BCUT2D eigenvalue weighted by molar-refractivity contribution is 0.0858. The molecule has 4 rings (SSSR count). The molecule has 2 aromatic rings. The van der Waals surface area contributed by atoms with Crippen molar-refractivity contribution in [2.24, 2.45) is 0 Å². The van der Waals surface area contributed by atoms with Crippen LogP contribution in [0.3, 0.4) is 0 Å². The lowest BCUT2D eigenvalue weighted by Gasteiger charge is -2.11. The van der Waals surface area contributed by atoms with E-state index in [-0.39, 0.29) is 18.8 Å². The van der Waals surface area contributed by atoms with Crippen molar-refractivity contribution < 1.29 is 19.0 Å². The minimum absolute atomic E-state index is 0.0758. The minimum atomic E-state index is -0.0758. The van der Waals surface area contributed by atoms with Gasteiger partial charge in [-0.3, -0.25) is 4.79 Å². The molecule has 124 valence electrons. The second kappa shape index (κ2) is 6.53. The van der Waals surface area contributed by atoms with Crippen molar-refractivity contribution in [2.75, 3.05) is 19.9 Å². The fourth-order valence-corrected chi connectivity index (χ4v) is 3.03. The minimum Gasteiger partial charge on any atom is -0.454 e. The first kappa shape index (κ1) is 15.0. The van der Waals surface area contributed by atoms with Crippen molar-refractivity contribution in [3.8, 4) is 22.6 Å². The number of benzene rings is 2. The number of rotatable bonds is 4. The van der Waals surface area contributed by atoms with Gasteiger partial charge in [-0.2, -0.15) is 0 Å². The van der Waals surface area contributed by atoms with Crippen LogP contribution in [-0.2, 0) is 4.74 Å². The fourth-order valence-electron chi connectivity index (χ4n) is 3.03. The molecule has 0 spiro atoms. The Hall–Kier alpha value is -2.53. The van der Waals surface area contributed by atoms with E-state index >= 15 is 0 Å². The first-order valence-corrected chi connectivity index (χ1v) is 8.19. The number of amides is 1. The van der Waals surface area contributed by atoms with Crippen LogP contribution in [-0.4, -0.2) is 32.0 Å². The van der Waals surface area contributed by atoms with E-state index in [1.165, 1.54) is 0 Å². The smallest absolute Gasteiger partial charge is 0.251 e. The van der Waals surface area contributed by atoms with Gasteiger partial charge in [0.15, 0.2) is 11.5 Å². The third kappa shape index (κ3) is 3.08. The zero-order chi connectivity index (χ0) is 16.4. The molecular formula is C19H19NO4. The molecule has 0 aromatic heterocycles. The Morgan fingerprint density at radius 3 is 2.83 bits per heavy atom. The van der Waals surface area contributed by atoms with Gasteiger partial charge in [0.1, 0.15) is 0 Å². The molecule has 2 aromatic carbocycles. The van der Waals surface area contributed by atoms with Crippen LogP contribution in [0.1, 0.15) is 23.2 Å². The van der Waals surface area contributed by atoms with Gasteiger partial charge in [0.05, 0.1) is 6.10 Å². The van der Waals surface area contributed by atoms with Gasteiger partial charge in [0.25, 0.3) is 5.91 Å². The Labute approximate surface area is 140 Å². The lowest BCUT2D eigenvalue weighted by atomic mass is 10.0. The number of fused-ring (bicyclic) bond motifs is 1. The van der Waals surface area contributed by atoms with Crippen LogP contribution in [0.15, 0.2) is 42.5 Å². The Bertz CT molecular complexity index is 753. The van der Waals surface area contributed by atoms with E-state index in [2.05, 4.69) is 5.32 Å². The van der Waals surface area contributed by atoms with Crippen molar-refractivity contribution in [3.05, 3.63) is 48.0 Å². The van der Waals surface area contributed by atoms with Crippen LogP contribution in [0.25, 0.3) is 11.1 Å². The highest BCUT2D eigenvalue weighted by Crippen LogP contribution is 2.36. The number of carbonyl (C=O) groups excluding carboxylic acids is 1. The van der Waals surface area contributed by atoms with Crippen molar-refractivity contribution >= 4 is 5.91 Å². The Kier molecular flexibility index (Phi) is 4.09. The van der Waals surface area contributed by atoms with E-state index in [1.807, 2.05) is 42.5 Å². The van der Waals surface area contributed by atoms with Crippen LogP contribution in [0.5, 0.6) is 11.5 Å². The molecule has 0 aliphatic carbocycles. The van der Waals surface area contributed by atoms with E-state index in [1.54, 1.807) is 0 Å². The van der Waals surface area contributed by atoms with E-state index < -0.39 is 0 Å². The largest absolute Gasteiger partial charge is 0.454 e. The van der Waals surface area contributed by atoms with Gasteiger partial charge in [-0.15, -0.1) is 0 Å². The average molecular weight is 325 g/mol. The SMILES string of the molecule is O=C(NC[C@@H]1CCCO1)c1cccc(-c2ccc3c(c2)OCO3)c1. The van der Waals surface area contributed by atoms with E-state index in [0.717, 1.165) is 42.1 Å². The highest BCUT2D eigenvalue weighted by molar-refractivity contribution is 5.95. The number of hydrogen-bond acceptors (Lipinski definition) is 4. The summed E-state index contributed by atoms with van der Waals surface area (Å²) < 4.78 is 16.3. The highest BCUT2D eigenvalue weighted by Gasteiger charge is 2.17. The third-order valence-electron chi connectivity index (χ3n) is 4.34. The Morgan fingerprint density at radius 2 is 1.96 bits per heavy atom. The van der Waals surface area contributed by atoms with Gasteiger partial charge in [-0.05, 0) is 48.2 Å². The molecule has 24 heavy (non-hydrogen) atoms. The molecule has 0 unspecified atom stereocenters. The summed E-state index contributed by atoms with van der Waals surface area (Å²) in [6.45, 7) is 1.61. The summed E-state index contributed by atoms with van der Waals surface area (Å²) in [4.78, 5) is 12.4. The van der Waals surface area contributed by atoms with Gasteiger partial charge >= 0.3 is 0 Å². The Balaban J connectivity index is 1.49. The van der Waals surface area contributed by atoms with Gasteiger partial charge < -0.3 is 19.5 Å². The molecule has 1 N–H and O–H groups in total. The van der Waals surface area contributed by atoms with Crippen LogP contribution in [0.4, 0.5) is 0 Å². The van der Waals surface area contributed by atoms with Crippen molar-refractivity contribution in [2.45, 2.75) is 18.9 Å². The average Bonchev–Trinajstić information content (AvgIpc) is 3.30. The molecule has 1 fully saturated rings. The third-order valence-corrected chi connectivity index (χ3v) is 4.34. The first-order valence-electron chi connectivity index (χ1n) is 8.19. The van der Waals surface area contributed by atoms with Crippen LogP contribution >= 0.6 is 0 Å². The monoisotopic (exact) mass is 325 g/mol. The van der Waals surface area contributed by atoms with E-state index in [0.29, 0.717) is 12.1 Å². The molecule has 5 nitrogen and oxygen atoms in total. The highest BCUT2D eigenvalue weighted by atomic mass is 16.7. The van der Waals surface area contributed by atoms with Gasteiger partial charge in [0.2, 0.25) is 6.79 Å². The second-order valence-corrected chi connectivity index (χ2v) is 5.99. The molecule has 2 aliphatic heterocycles. The van der Waals surface area contributed by atoms with E-state index in [9.17, 15) is 4.79 Å². The summed E-state index contributed by atoms with van der Waals surface area (Å²) in [5, 5.41) is 2.95. The molecule has 0 radical (unpaired) electrons. The topological polar surface area (TPSA) is 56.8 Å². The van der Waals surface area contributed by atoms with Gasteiger partial charge in [-0.25, -0.2) is 0 Å². The van der Waals surface area contributed by atoms with Crippen LogP contribution < -0.4 is 14.8 Å².